The van der Waals surface area contributed by atoms with Crippen LogP contribution in [-0.2, 0) is 0 Å². The number of nitrogens with zero attached hydrogens (tertiary/aromatic N) is 1. The number of halogens is 1. The highest BCUT2D eigenvalue weighted by atomic mass is 35.5. The van der Waals surface area contributed by atoms with E-state index in [4.69, 9.17) is 29.6 Å². The van der Waals surface area contributed by atoms with Gasteiger partial charge in [0.05, 0.1) is 5.56 Å². The predicted octanol–water partition coefficient (Wildman–Crippen LogP) is 3.73. The first-order chi connectivity index (χ1) is 8.99. The van der Waals surface area contributed by atoms with E-state index in [9.17, 15) is 0 Å². The number of hydrogen-bond donors (Lipinski definition) is 2. The smallest absolute Gasteiger partial charge is 0.140 e. The molecule has 3 N–H and O–H groups in total. The van der Waals surface area contributed by atoms with Gasteiger partial charge < -0.3 is 11.1 Å². The van der Waals surface area contributed by atoms with Crippen molar-refractivity contribution in [3.05, 3.63) is 52.2 Å². The molecule has 0 spiro atoms. The highest BCUT2D eigenvalue weighted by Gasteiger charge is 2.10. The van der Waals surface area contributed by atoms with Crippen LogP contribution >= 0.6 is 23.8 Å². The number of aromatic nitrogens is 1. The van der Waals surface area contributed by atoms with Gasteiger partial charge in [0, 0.05) is 16.9 Å². The number of nitrogens with two attached hydrogens (primary N) is 1. The maximum absolute atomic E-state index is 6.10. The first-order valence-corrected chi connectivity index (χ1v) is 6.56. The highest BCUT2D eigenvalue weighted by Crippen LogP contribution is 2.25. The van der Waals surface area contributed by atoms with Gasteiger partial charge in [-0.05, 0) is 43.2 Å². The minimum atomic E-state index is 0.325. The molecule has 0 amide bonds. The van der Waals surface area contributed by atoms with E-state index in [-0.39, 0.29) is 0 Å². The van der Waals surface area contributed by atoms with Gasteiger partial charge in [-0.2, -0.15) is 0 Å². The highest BCUT2D eigenvalue weighted by molar-refractivity contribution is 7.80. The monoisotopic (exact) mass is 291 g/mol. The van der Waals surface area contributed by atoms with Crippen molar-refractivity contribution in [2.24, 2.45) is 5.73 Å². The molecule has 19 heavy (non-hydrogen) atoms. The largest absolute Gasteiger partial charge is 0.389 e. The van der Waals surface area contributed by atoms with E-state index < -0.39 is 0 Å². The van der Waals surface area contributed by atoms with E-state index in [0.717, 1.165) is 22.4 Å². The van der Waals surface area contributed by atoms with Crippen LogP contribution in [0.3, 0.4) is 0 Å². The standard InChI is InChI=1S/C14H14ClN3S/c1-8-3-4-10(7-11(8)15)18-14-12(13(16)19)9(2)5-6-17-14/h3-7H,1-2H3,(H2,16,19)(H,17,18). The summed E-state index contributed by atoms with van der Waals surface area (Å²) in [5.74, 6) is 0.646. The number of aryl methyl sites for hydroxylation is 2. The van der Waals surface area contributed by atoms with Crippen molar-refractivity contribution in [2.45, 2.75) is 13.8 Å². The van der Waals surface area contributed by atoms with Crippen molar-refractivity contribution in [3.8, 4) is 0 Å². The Morgan fingerprint density at radius 1 is 1.26 bits per heavy atom. The number of pyridine rings is 1. The molecule has 0 unspecified atom stereocenters. The molecular weight excluding hydrogens is 278 g/mol. The Bertz CT molecular complexity index is 641. The summed E-state index contributed by atoms with van der Waals surface area (Å²) in [5, 5.41) is 3.90. The van der Waals surface area contributed by atoms with Crippen molar-refractivity contribution in [2.75, 3.05) is 5.32 Å². The van der Waals surface area contributed by atoms with Crippen LogP contribution in [0.2, 0.25) is 5.02 Å². The zero-order chi connectivity index (χ0) is 14.0. The fourth-order valence-electron chi connectivity index (χ4n) is 1.77. The van der Waals surface area contributed by atoms with Gasteiger partial charge in [-0.15, -0.1) is 0 Å². The Hall–Kier alpha value is -1.65. The number of rotatable bonds is 3. The molecule has 1 aromatic carbocycles. The maximum Gasteiger partial charge on any atom is 0.140 e. The van der Waals surface area contributed by atoms with Crippen LogP contribution in [0.15, 0.2) is 30.5 Å². The first kappa shape index (κ1) is 13.8. The minimum absolute atomic E-state index is 0.325. The van der Waals surface area contributed by atoms with Crippen LogP contribution in [0.1, 0.15) is 16.7 Å². The predicted molar refractivity (Wildman–Crippen MR) is 84.3 cm³/mol. The Kier molecular flexibility index (Phi) is 4.02. The lowest BCUT2D eigenvalue weighted by Crippen LogP contribution is -2.14. The molecule has 0 fully saturated rings. The first-order valence-electron chi connectivity index (χ1n) is 5.77. The number of hydrogen-bond acceptors (Lipinski definition) is 3. The fraction of sp³-hybridized carbons (Fsp3) is 0.143. The lowest BCUT2D eigenvalue weighted by molar-refractivity contribution is 1.26. The fourth-order valence-corrected chi connectivity index (χ4v) is 2.21. The van der Waals surface area contributed by atoms with Crippen molar-refractivity contribution in [3.63, 3.8) is 0 Å². The van der Waals surface area contributed by atoms with E-state index in [0.29, 0.717) is 15.8 Å². The molecule has 0 aliphatic carbocycles. The third-order valence-corrected chi connectivity index (χ3v) is 3.45. The summed E-state index contributed by atoms with van der Waals surface area (Å²) in [4.78, 5) is 4.61. The van der Waals surface area contributed by atoms with Crippen molar-refractivity contribution in [1.29, 1.82) is 0 Å². The second-order valence-corrected chi connectivity index (χ2v) is 5.15. The number of nitrogens with one attached hydrogen (secondary N) is 1. The Balaban J connectivity index is 2.40. The molecule has 0 radical (unpaired) electrons. The Morgan fingerprint density at radius 3 is 2.63 bits per heavy atom. The Morgan fingerprint density at radius 2 is 2.00 bits per heavy atom. The summed E-state index contributed by atoms with van der Waals surface area (Å²) in [6.07, 6.45) is 1.72. The summed E-state index contributed by atoms with van der Waals surface area (Å²) in [6, 6.07) is 7.61. The maximum atomic E-state index is 6.10. The molecule has 0 aliphatic rings. The molecule has 0 saturated heterocycles. The summed E-state index contributed by atoms with van der Waals surface area (Å²) >= 11 is 11.2. The van der Waals surface area contributed by atoms with Gasteiger partial charge in [0.2, 0.25) is 0 Å². The molecule has 0 atom stereocenters. The quantitative estimate of drug-likeness (QED) is 0.846. The number of anilines is 2. The zero-order valence-electron chi connectivity index (χ0n) is 10.7. The lowest BCUT2D eigenvalue weighted by Gasteiger charge is -2.12. The van der Waals surface area contributed by atoms with E-state index in [1.165, 1.54) is 0 Å². The normalized spacial score (nSPS) is 10.3. The summed E-state index contributed by atoms with van der Waals surface area (Å²) < 4.78 is 0. The molecule has 0 saturated carbocycles. The van der Waals surface area contributed by atoms with E-state index in [2.05, 4.69) is 10.3 Å². The second-order valence-electron chi connectivity index (χ2n) is 4.30. The third kappa shape index (κ3) is 3.03. The van der Waals surface area contributed by atoms with Gasteiger partial charge in [0.25, 0.3) is 0 Å². The van der Waals surface area contributed by atoms with Crippen LogP contribution in [0.25, 0.3) is 0 Å². The van der Waals surface area contributed by atoms with Gasteiger partial charge in [0.15, 0.2) is 0 Å². The summed E-state index contributed by atoms with van der Waals surface area (Å²) in [7, 11) is 0. The minimum Gasteiger partial charge on any atom is -0.389 e. The molecule has 3 nitrogen and oxygen atoms in total. The lowest BCUT2D eigenvalue weighted by atomic mass is 10.1. The average Bonchev–Trinajstić information content (AvgIpc) is 2.33. The third-order valence-electron chi connectivity index (χ3n) is 2.84. The molecular formula is C14H14ClN3S. The van der Waals surface area contributed by atoms with Gasteiger partial charge in [0.1, 0.15) is 10.8 Å². The SMILES string of the molecule is Cc1ccc(Nc2nccc(C)c2C(N)=S)cc1Cl. The van der Waals surface area contributed by atoms with Crippen molar-refractivity contribution in [1.82, 2.24) is 4.98 Å². The van der Waals surface area contributed by atoms with Gasteiger partial charge in [-0.3, -0.25) is 0 Å². The molecule has 5 heteroatoms. The van der Waals surface area contributed by atoms with Crippen molar-refractivity contribution >= 4 is 40.3 Å². The average molecular weight is 292 g/mol. The van der Waals surface area contributed by atoms with E-state index in [1.54, 1.807) is 6.20 Å². The van der Waals surface area contributed by atoms with Crippen LogP contribution in [-0.4, -0.2) is 9.97 Å². The van der Waals surface area contributed by atoms with E-state index >= 15 is 0 Å². The molecule has 0 aliphatic heterocycles. The molecule has 98 valence electrons. The molecule has 1 aromatic heterocycles. The molecule has 2 rings (SSSR count). The van der Waals surface area contributed by atoms with Crippen LogP contribution in [0.4, 0.5) is 11.5 Å². The second kappa shape index (κ2) is 5.55. The topological polar surface area (TPSA) is 50.9 Å². The molecule has 2 aromatic rings. The number of thiocarbonyl (C=S) groups is 1. The molecule has 0 bridgehead atoms. The van der Waals surface area contributed by atoms with Crippen LogP contribution in [0, 0.1) is 13.8 Å². The summed E-state index contributed by atoms with van der Waals surface area (Å²) in [6.45, 7) is 3.90. The van der Waals surface area contributed by atoms with Crippen LogP contribution in [0.5, 0.6) is 0 Å². The molecule has 1 heterocycles. The van der Waals surface area contributed by atoms with Gasteiger partial charge in [-0.25, -0.2) is 4.98 Å². The van der Waals surface area contributed by atoms with E-state index in [1.807, 2.05) is 38.1 Å². The zero-order valence-corrected chi connectivity index (χ0v) is 12.3. The van der Waals surface area contributed by atoms with Gasteiger partial charge >= 0.3 is 0 Å². The Labute approximate surface area is 122 Å². The summed E-state index contributed by atoms with van der Waals surface area (Å²) in [5.41, 5.74) is 9.38. The van der Waals surface area contributed by atoms with Crippen LogP contribution < -0.4 is 11.1 Å². The van der Waals surface area contributed by atoms with Crippen molar-refractivity contribution < 1.29 is 0 Å². The van der Waals surface area contributed by atoms with Gasteiger partial charge in [-0.1, -0.05) is 29.9 Å². The number of benzene rings is 1.